The van der Waals surface area contributed by atoms with Crippen molar-refractivity contribution in [1.82, 2.24) is 14.9 Å². The van der Waals surface area contributed by atoms with E-state index in [0.717, 1.165) is 17.7 Å². The maximum absolute atomic E-state index is 16.0. The maximum atomic E-state index is 16.0. The number of hydrogen-bond acceptors (Lipinski definition) is 12. The minimum absolute atomic E-state index is 0.0861. The molecule has 5 N–H and O–H groups in total. The molecule has 210 valence electrons. The Bertz CT molecular complexity index is 1230. The Morgan fingerprint density at radius 2 is 2.00 bits per heavy atom. The highest BCUT2D eigenvalue weighted by Crippen LogP contribution is 2.51. The fourth-order valence-corrected chi connectivity index (χ4v) is 5.76. The number of nitrogens with one attached hydrogen (secondary N) is 1. The topological polar surface area (TPSA) is 167 Å². The largest absolute Gasteiger partial charge is 0.462 e. The first-order valence-electron chi connectivity index (χ1n) is 11.7. The van der Waals surface area contributed by atoms with Gasteiger partial charge in [-0.05, 0) is 57.7 Å². The molecule has 1 aromatic heterocycles. The molecule has 3 rings (SSSR count). The van der Waals surface area contributed by atoms with Gasteiger partial charge in [0.15, 0.2) is 6.23 Å². The number of aliphatic hydroxyl groups is 2. The van der Waals surface area contributed by atoms with E-state index < -0.39 is 54.6 Å². The van der Waals surface area contributed by atoms with Crippen molar-refractivity contribution >= 4 is 30.1 Å². The number of aromatic nitrogens is 2. The van der Waals surface area contributed by atoms with Crippen LogP contribution >= 0.6 is 6.49 Å². The number of nitrogens with zero attached hydrogens (tertiary/aromatic N) is 2. The molecular weight excluding hydrogens is 542 g/mol. The van der Waals surface area contributed by atoms with Gasteiger partial charge < -0.3 is 34.5 Å². The first-order valence-corrected chi connectivity index (χ1v) is 14.5. The fraction of sp³-hybridized carbons (Fsp3) is 0.522. The number of para-hydroxylation sites is 1. The lowest BCUT2D eigenvalue weighted by Crippen LogP contribution is -2.50. The minimum Gasteiger partial charge on any atom is -0.462 e. The predicted molar refractivity (Wildman–Crippen MR) is 140 cm³/mol. The number of alkyl halides is 1. The highest BCUT2D eigenvalue weighted by molar-refractivity contribution is 8.10. The van der Waals surface area contributed by atoms with Gasteiger partial charge in [-0.1, -0.05) is 18.2 Å². The molecule has 6 atom stereocenters. The van der Waals surface area contributed by atoms with Gasteiger partial charge in [0.25, 0.3) is 12.3 Å². The summed E-state index contributed by atoms with van der Waals surface area (Å²) in [7, 11) is 0. The van der Waals surface area contributed by atoms with Crippen molar-refractivity contribution in [2.75, 3.05) is 18.6 Å². The number of rotatable bonds is 11. The third kappa shape index (κ3) is 6.94. The third-order valence-electron chi connectivity index (χ3n) is 5.62. The summed E-state index contributed by atoms with van der Waals surface area (Å²) in [5, 5.41) is 24.5. The molecule has 0 unspecified atom stereocenters. The van der Waals surface area contributed by atoms with Crippen LogP contribution in [-0.2, 0) is 30.6 Å². The van der Waals surface area contributed by atoms with E-state index in [2.05, 4.69) is 10.3 Å². The highest BCUT2D eigenvalue weighted by atomic mass is 32.5. The van der Waals surface area contributed by atoms with Crippen molar-refractivity contribution in [2.45, 2.75) is 63.6 Å². The zero-order valence-electron chi connectivity index (χ0n) is 21.3. The SMILES string of the molecule is CC(C)OC(=O)[C@@H](C)NC[P@@](=S)(OC[C@@]1(F)O[C@@H](n2ccc(N)nc2=O)[C@](C)(O)[C@@H]1O)Oc1ccccc1. The molecule has 0 amide bonds. The summed E-state index contributed by atoms with van der Waals surface area (Å²) < 4.78 is 38.9. The van der Waals surface area contributed by atoms with Crippen molar-refractivity contribution in [1.29, 1.82) is 0 Å². The number of esters is 1. The number of benzene rings is 1. The molecule has 2 heterocycles. The van der Waals surface area contributed by atoms with Crippen LogP contribution in [0.1, 0.15) is 33.9 Å². The summed E-state index contributed by atoms with van der Waals surface area (Å²) in [6.45, 7) is 1.69. The normalized spacial score (nSPS) is 27.6. The number of carbonyl (C=O) groups is 1. The quantitative estimate of drug-likeness (QED) is 0.225. The van der Waals surface area contributed by atoms with Crippen molar-refractivity contribution in [3.63, 3.8) is 0 Å². The number of carbonyl (C=O) groups excluding carboxylic acids is 1. The van der Waals surface area contributed by atoms with Crippen LogP contribution in [0.25, 0.3) is 0 Å². The van der Waals surface area contributed by atoms with Crippen LogP contribution < -0.4 is 21.3 Å². The molecule has 0 radical (unpaired) electrons. The van der Waals surface area contributed by atoms with Crippen molar-refractivity contribution in [3.8, 4) is 5.75 Å². The van der Waals surface area contributed by atoms with E-state index in [1.165, 1.54) is 6.07 Å². The van der Waals surface area contributed by atoms with E-state index in [1.807, 2.05) is 0 Å². The molecule has 38 heavy (non-hydrogen) atoms. The molecular formula is C23H32FN4O8PS. The van der Waals surface area contributed by atoms with Crippen LogP contribution in [0.2, 0.25) is 0 Å². The van der Waals surface area contributed by atoms with E-state index in [4.69, 9.17) is 36.1 Å². The Morgan fingerprint density at radius 1 is 1.34 bits per heavy atom. The van der Waals surface area contributed by atoms with Gasteiger partial charge in [-0.25, -0.2) is 9.18 Å². The van der Waals surface area contributed by atoms with E-state index in [1.54, 1.807) is 51.1 Å². The zero-order chi connectivity index (χ0) is 28.3. The molecule has 15 heteroatoms. The minimum atomic E-state index is -3.44. The number of anilines is 1. The average molecular weight is 575 g/mol. The van der Waals surface area contributed by atoms with Gasteiger partial charge in [0.05, 0.1) is 12.4 Å². The first-order chi connectivity index (χ1) is 17.7. The lowest BCUT2D eigenvalue weighted by molar-refractivity contribution is -0.203. The van der Waals surface area contributed by atoms with Gasteiger partial charge in [0, 0.05) is 6.20 Å². The second kappa shape index (κ2) is 11.7. The van der Waals surface area contributed by atoms with Crippen LogP contribution in [0.5, 0.6) is 5.75 Å². The second-order valence-corrected chi connectivity index (χ2v) is 12.9. The lowest BCUT2D eigenvalue weighted by Gasteiger charge is -2.30. The standard InChI is InChI=1S/C23H32FN4O8PS/c1-14(2)34-18(29)15(3)26-13-37(38,36-16-8-6-5-7-9-16)33-12-23(24)19(30)22(4,32)20(35-23)28-11-10-17(25)27-21(28)31/h5-11,14-15,19-20,26,30,32H,12-13H2,1-4H3,(H2,25,27,31)/t15-,19+,20-,22-,23-,37-/m1/s1. The van der Waals surface area contributed by atoms with Gasteiger partial charge in [-0.2, -0.15) is 4.98 Å². The smallest absolute Gasteiger partial charge is 0.351 e. The Balaban J connectivity index is 1.81. The summed E-state index contributed by atoms with van der Waals surface area (Å²) in [6.07, 6.45) is -3.17. The molecule has 0 aliphatic carbocycles. The molecule has 1 aliphatic rings. The van der Waals surface area contributed by atoms with Crippen LogP contribution in [0, 0.1) is 0 Å². The van der Waals surface area contributed by atoms with Gasteiger partial charge in [0.2, 0.25) is 0 Å². The number of nitrogens with two attached hydrogens (primary N) is 1. The fourth-order valence-electron chi connectivity index (χ4n) is 3.60. The Kier molecular flexibility index (Phi) is 9.30. The lowest BCUT2D eigenvalue weighted by atomic mass is 9.95. The van der Waals surface area contributed by atoms with Crippen LogP contribution in [0.4, 0.5) is 10.2 Å². The predicted octanol–water partition coefficient (Wildman–Crippen LogP) is 1.42. The molecule has 1 fully saturated rings. The molecule has 2 aromatic rings. The Morgan fingerprint density at radius 3 is 2.61 bits per heavy atom. The van der Waals surface area contributed by atoms with Gasteiger partial charge in [-0.15, -0.1) is 0 Å². The summed E-state index contributed by atoms with van der Waals surface area (Å²) in [6, 6.07) is 8.87. The zero-order valence-corrected chi connectivity index (χ0v) is 23.0. The molecule has 0 saturated carbocycles. The Hall–Kier alpha value is -2.45. The van der Waals surface area contributed by atoms with Crippen molar-refractivity contribution < 1.29 is 37.9 Å². The molecule has 0 spiro atoms. The third-order valence-corrected chi connectivity index (χ3v) is 8.12. The van der Waals surface area contributed by atoms with E-state index >= 15 is 4.39 Å². The maximum Gasteiger partial charge on any atom is 0.351 e. The summed E-state index contributed by atoms with van der Waals surface area (Å²) in [4.78, 5) is 28.0. The van der Waals surface area contributed by atoms with Crippen LogP contribution in [0.15, 0.2) is 47.4 Å². The molecule has 12 nitrogen and oxygen atoms in total. The van der Waals surface area contributed by atoms with Gasteiger partial charge >= 0.3 is 11.7 Å². The highest BCUT2D eigenvalue weighted by Gasteiger charge is 2.63. The first kappa shape index (κ1) is 30.1. The monoisotopic (exact) mass is 574 g/mol. The molecule has 1 saturated heterocycles. The van der Waals surface area contributed by atoms with E-state index in [9.17, 15) is 19.8 Å². The molecule has 0 bridgehead atoms. The number of halogens is 1. The van der Waals surface area contributed by atoms with Gasteiger partial charge in [-0.3, -0.25) is 14.7 Å². The molecule has 1 aromatic carbocycles. The average Bonchev–Trinajstić information content (AvgIpc) is 3.02. The number of ether oxygens (including phenoxy) is 2. The van der Waals surface area contributed by atoms with Crippen molar-refractivity contribution in [3.05, 3.63) is 53.1 Å². The number of hydrogen-bond donors (Lipinski definition) is 4. The van der Waals surface area contributed by atoms with Crippen molar-refractivity contribution in [2.24, 2.45) is 0 Å². The molecule has 1 aliphatic heterocycles. The van der Waals surface area contributed by atoms with Crippen LogP contribution in [0.3, 0.4) is 0 Å². The van der Waals surface area contributed by atoms with Gasteiger partial charge in [0.1, 0.15) is 35.9 Å². The second-order valence-electron chi connectivity index (χ2n) is 9.29. The summed E-state index contributed by atoms with van der Waals surface area (Å²) >= 11 is 5.62. The number of nitrogen functional groups attached to an aromatic ring is 1. The van der Waals surface area contributed by atoms with E-state index in [0.29, 0.717) is 5.75 Å². The van der Waals surface area contributed by atoms with Crippen LogP contribution in [-0.4, -0.2) is 68.3 Å². The summed E-state index contributed by atoms with van der Waals surface area (Å²) in [5.41, 5.74) is 2.31. The Labute approximate surface area is 224 Å². The van der Waals surface area contributed by atoms with E-state index in [-0.39, 0.29) is 18.2 Å². The summed E-state index contributed by atoms with van der Waals surface area (Å²) in [5.74, 6) is -3.28. The number of aliphatic hydroxyl groups excluding tert-OH is 1.